The monoisotopic (exact) mass is 354 g/mol. The molecule has 0 unspecified atom stereocenters. The van der Waals surface area contributed by atoms with Gasteiger partial charge in [-0.05, 0) is 17.9 Å². The van der Waals surface area contributed by atoms with E-state index in [0.29, 0.717) is 6.42 Å². The SMILES string of the molecule is COC(=O)CCC#CC#C/C=C\CO[C@@H]1O[C@H](CO)[C@@H](O)[C@H](O)[C@H]1O. The Balaban J connectivity index is 2.33. The van der Waals surface area contributed by atoms with E-state index in [2.05, 4.69) is 28.4 Å². The minimum Gasteiger partial charge on any atom is -0.469 e. The molecule has 1 fully saturated rings. The van der Waals surface area contributed by atoms with E-state index in [1.807, 2.05) is 0 Å². The predicted molar refractivity (Wildman–Crippen MR) is 85.7 cm³/mol. The van der Waals surface area contributed by atoms with Gasteiger partial charge in [0.15, 0.2) is 6.29 Å². The summed E-state index contributed by atoms with van der Waals surface area (Å²) in [5.41, 5.74) is 0. The number of esters is 1. The Hall–Kier alpha value is -1.91. The fourth-order valence-electron chi connectivity index (χ4n) is 1.91. The zero-order valence-electron chi connectivity index (χ0n) is 13.8. The third-order valence-electron chi connectivity index (χ3n) is 3.31. The Bertz CT molecular complexity index is 563. The van der Waals surface area contributed by atoms with E-state index in [4.69, 9.17) is 14.6 Å². The molecule has 1 aliphatic rings. The van der Waals surface area contributed by atoms with Crippen LogP contribution in [0, 0.1) is 23.7 Å². The largest absolute Gasteiger partial charge is 0.469 e. The van der Waals surface area contributed by atoms with Gasteiger partial charge in [0.05, 0.1) is 26.7 Å². The van der Waals surface area contributed by atoms with Crippen LogP contribution < -0.4 is 0 Å². The van der Waals surface area contributed by atoms with Gasteiger partial charge >= 0.3 is 5.97 Å². The maximum absolute atomic E-state index is 10.8. The lowest BCUT2D eigenvalue weighted by molar-refractivity contribution is -0.298. The molecular formula is C17H22O8. The van der Waals surface area contributed by atoms with Crippen LogP contribution in [0.2, 0.25) is 0 Å². The van der Waals surface area contributed by atoms with E-state index >= 15 is 0 Å². The number of carbonyl (C=O) groups is 1. The molecule has 0 aromatic heterocycles. The normalized spacial score (nSPS) is 28.6. The van der Waals surface area contributed by atoms with E-state index in [9.17, 15) is 20.1 Å². The summed E-state index contributed by atoms with van der Waals surface area (Å²) < 4.78 is 14.9. The average molecular weight is 354 g/mol. The minimum atomic E-state index is -1.47. The molecule has 1 rings (SSSR count). The van der Waals surface area contributed by atoms with E-state index < -0.39 is 37.3 Å². The van der Waals surface area contributed by atoms with Crippen molar-refractivity contribution in [3.8, 4) is 23.7 Å². The van der Waals surface area contributed by atoms with Gasteiger partial charge in [-0.25, -0.2) is 0 Å². The molecule has 0 bridgehead atoms. The van der Waals surface area contributed by atoms with Gasteiger partial charge in [0.2, 0.25) is 0 Å². The molecule has 0 aliphatic carbocycles. The molecule has 0 saturated carbocycles. The molecule has 8 nitrogen and oxygen atoms in total. The van der Waals surface area contributed by atoms with Gasteiger partial charge in [-0.15, -0.1) is 0 Å². The van der Waals surface area contributed by atoms with Gasteiger partial charge in [-0.2, -0.15) is 0 Å². The van der Waals surface area contributed by atoms with Gasteiger partial charge in [0, 0.05) is 6.42 Å². The second kappa shape index (κ2) is 11.6. The van der Waals surface area contributed by atoms with Crippen molar-refractivity contribution in [2.75, 3.05) is 20.3 Å². The summed E-state index contributed by atoms with van der Waals surface area (Å²) in [5, 5.41) is 38.0. The molecule has 1 saturated heterocycles. The molecule has 1 aliphatic heterocycles. The van der Waals surface area contributed by atoms with Gasteiger partial charge in [-0.1, -0.05) is 17.9 Å². The van der Waals surface area contributed by atoms with Crippen LogP contribution in [-0.2, 0) is 19.0 Å². The van der Waals surface area contributed by atoms with Crippen LogP contribution in [0.15, 0.2) is 12.2 Å². The van der Waals surface area contributed by atoms with Crippen molar-refractivity contribution in [3.05, 3.63) is 12.2 Å². The van der Waals surface area contributed by atoms with E-state index in [-0.39, 0.29) is 19.0 Å². The molecular weight excluding hydrogens is 332 g/mol. The standard InChI is InChI=1S/C17H22O8/c1-23-13(19)9-7-5-3-2-4-6-8-10-24-17-16(22)15(21)14(20)12(11-18)25-17/h6,8,12,14-18,20-22H,7,9-11H2,1H3/b8-6-/t12-,14-,15+,16-,17-/m1/s1. The van der Waals surface area contributed by atoms with Crippen molar-refractivity contribution in [2.45, 2.75) is 43.5 Å². The highest BCUT2D eigenvalue weighted by molar-refractivity contribution is 5.69. The summed E-state index contributed by atoms with van der Waals surface area (Å²) in [5.74, 6) is 10.1. The number of methoxy groups -OCH3 is 1. The third-order valence-corrected chi connectivity index (χ3v) is 3.31. The molecule has 0 aromatic carbocycles. The average Bonchev–Trinajstić information content (AvgIpc) is 2.62. The Labute approximate surface area is 146 Å². The fourth-order valence-corrected chi connectivity index (χ4v) is 1.91. The van der Waals surface area contributed by atoms with Crippen molar-refractivity contribution in [3.63, 3.8) is 0 Å². The zero-order valence-corrected chi connectivity index (χ0v) is 13.8. The smallest absolute Gasteiger partial charge is 0.306 e. The van der Waals surface area contributed by atoms with Crippen LogP contribution in [-0.4, -0.2) is 77.4 Å². The van der Waals surface area contributed by atoms with Gasteiger partial charge in [-0.3, -0.25) is 4.79 Å². The zero-order chi connectivity index (χ0) is 18.7. The topological polar surface area (TPSA) is 126 Å². The molecule has 25 heavy (non-hydrogen) atoms. The van der Waals surface area contributed by atoms with E-state index in [1.165, 1.54) is 13.2 Å². The summed E-state index contributed by atoms with van der Waals surface area (Å²) in [7, 11) is 1.31. The Morgan fingerprint density at radius 3 is 2.64 bits per heavy atom. The minimum absolute atomic E-state index is 0.0349. The van der Waals surface area contributed by atoms with Crippen molar-refractivity contribution in [1.29, 1.82) is 0 Å². The highest BCUT2D eigenvalue weighted by Gasteiger charge is 2.43. The van der Waals surface area contributed by atoms with Crippen LogP contribution in [0.3, 0.4) is 0 Å². The van der Waals surface area contributed by atoms with Crippen LogP contribution in [0.1, 0.15) is 12.8 Å². The highest BCUT2D eigenvalue weighted by Crippen LogP contribution is 2.21. The lowest BCUT2D eigenvalue weighted by atomic mass is 9.99. The van der Waals surface area contributed by atoms with Gasteiger partial charge in [0.25, 0.3) is 0 Å². The number of aliphatic hydroxyl groups excluding tert-OH is 4. The third kappa shape index (κ3) is 7.24. The number of rotatable bonds is 6. The molecule has 0 spiro atoms. The molecule has 5 atom stereocenters. The first-order valence-corrected chi connectivity index (χ1v) is 7.63. The van der Waals surface area contributed by atoms with Crippen LogP contribution in [0.4, 0.5) is 0 Å². The number of hydrogen-bond donors (Lipinski definition) is 4. The van der Waals surface area contributed by atoms with Crippen molar-refractivity contribution < 1.29 is 39.4 Å². The van der Waals surface area contributed by atoms with E-state index in [0.717, 1.165) is 0 Å². The van der Waals surface area contributed by atoms with E-state index in [1.54, 1.807) is 6.08 Å². The van der Waals surface area contributed by atoms with Gasteiger partial charge in [0.1, 0.15) is 24.4 Å². The second-order valence-corrected chi connectivity index (χ2v) is 5.08. The van der Waals surface area contributed by atoms with Crippen molar-refractivity contribution in [1.82, 2.24) is 0 Å². The predicted octanol–water partition coefficient (Wildman–Crippen LogP) is -1.68. The quantitative estimate of drug-likeness (QED) is 0.329. The molecule has 1 heterocycles. The van der Waals surface area contributed by atoms with Crippen molar-refractivity contribution >= 4 is 5.97 Å². The summed E-state index contributed by atoms with van der Waals surface area (Å²) in [6.07, 6.45) is -2.89. The molecule has 4 N–H and O–H groups in total. The number of allylic oxidation sites excluding steroid dienone is 1. The molecule has 0 radical (unpaired) electrons. The maximum atomic E-state index is 10.8. The first-order valence-electron chi connectivity index (χ1n) is 7.63. The Kier molecular flexibility index (Phi) is 9.81. The molecule has 138 valence electrons. The second-order valence-electron chi connectivity index (χ2n) is 5.08. The Morgan fingerprint density at radius 1 is 1.20 bits per heavy atom. The summed E-state index contributed by atoms with van der Waals surface area (Å²) in [6.45, 7) is -0.478. The molecule has 8 heteroatoms. The summed E-state index contributed by atoms with van der Waals surface area (Å²) >= 11 is 0. The lowest BCUT2D eigenvalue weighted by Crippen LogP contribution is -2.59. The van der Waals surface area contributed by atoms with Gasteiger partial charge < -0.3 is 34.6 Å². The maximum Gasteiger partial charge on any atom is 0.306 e. The van der Waals surface area contributed by atoms with Crippen LogP contribution in [0.5, 0.6) is 0 Å². The first kappa shape index (κ1) is 21.1. The van der Waals surface area contributed by atoms with Crippen LogP contribution >= 0.6 is 0 Å². The van der Waals surface area contributed by atoms with Crippen molar-refractivity contribution in [2.24, 2.45) is 0 Å². The number of aliphatic hydroxyl groups is 4. The number of hydrogen-bond acceptors (Lipinski definition) is 8. The lowest BCUT2D eigenvalue weighted by Gasteiger charge is -2.39. The summed E-state index contributed by atoms with van der Waals surface area (Å²) in [4.78, 5) is 10.8. The Morgan fingerprint density at radius 2 is 1.96 bits per heavy atom. The summed E-state index contributed by atoms with van der Waals surface area (Å²) in [6, 6.07) is 0. The number of carbonyl (C=O) groups excluding carboxylic acids is 1. The number of ether oxygens (including phenoxy) is 3. The first-order chi connectivity index (χ1) is 12.0. The molecule has 0 amide bonds. The fraction of sp³-hybridized carbons (Fsp3) is 0.588. The highest BCUT2D eigenvalue weighted by atomic mass is 16.7. The van der Waals surface area contributed by atoms with Crippen LogP contribution in [0.25, 0.3) is 0 Å². The molecule has 0 aromatic rings.